The third-order valence-electron chi connectivity index (χ3n) is 4.93. The Hall–Kier alpha value is -1.89. The van der Waals surface area contributed by atoms with Crippen molar-refractivity contribution in [3.63, 3.8) is 0 Å². The molecule has 6 atom stereocenters. The van der Waals surface area contributed by atoms with E-state index in [0.29, 0.717) is 25.0 Å². The Morgan fingerprint density at radius 3 is 2.30 bits per heavy atom. The van der Waals surface area contributed by atoms with Gasteiger partial charge in [-0.2, -0.15) is 11.8 Å². The summed E-state index contributed by atoms with van der Waals surface area (Å²) in [5, 5.41) is 33.1. The largest absolute Gasteiger partial charge is 0.480 e. The van der Waals surface area contributed by atoms with Gasteiger partial charge in [-0.25, -0.2) is 4.79 Å². The first kappa shape index (κ1) is 26.1. The van der Waals surface area contributed by atoms with E-state index in [1.54, 1.807) is 0 Å². The summed E-state index contributed by atoms with van der Waals surface area (Å²) in [6, 6.07) is -4.53. The summed E-state index contributed by atoms with van der Waals surface area (Å²) in [7, 11) is 0. The van der Waals surface area contributed by atoms with Crippen LogP contribution in [0.4, 0.5) is 0 Å². The standard InChI is InChI=1S/C18H32N4O7S/c1-9(23)13(19)16(26)20-11(6-8-30-3)17(27)22-7-4-5-12(22)15(25)21-14(10(2)24)18(28)29/h9-14,23-24H,4-8,19H2,1-3H3,(H,20,26)(H,21,25)(H,28,29). The number of carbonyl (C=O) groups excluding carboxylic acids is 3. The van der Waals surface area contributed by atoms with Crippen molar-refractivity contribution in [2.24, 2.45) is 5.73 Å². The molecular formula is C18H32N4O7S. The molecular weight excluding hydrogens is 416 g/mol. The maximum atomic E-state index is 13.1. The van der Waals surface area contributed by atoms with Crippen molar-refractivity contribution in [1.29, 1.82) is 0 Å². The maximum Gasteiger partial charge on any atom is 0.328 e. The van der Waals surface area contributed by atoms with Crippen molar-refractivity contribution in [2.75, 3.05) is 18.6 Å². The molecule has 1 fully saturated rings. The molecule has 1 heterocycles. The van der Waals surface area contributed by atoms with Crippen molar-refractivity contribution >= 4 is 35.5 Å². The number of aliphatic hydroxyl groups is 2. The third-order valence-corrected chi connectivity index (χ3v) is 5.58. The van der Waals surface area contributed by atoms with Gasteiger partial charge in [0.15, 0.2) is 6.04 Å². The highest BCUT2D eigenvalue weighted by Crippen LogP contribution is 2.20. The first-order chi connectivity index (χ1) is 14.0. The average Bonchev–Trinajstić information content (AvgIpc) is 3.16. The van der Waals surface area contributed by atoms with E-state index in [0.717, 1.165) is 0 Å². The van der Waals surface area contributed by atoms with Gasteiger partial charge in [-0.1, -0.05) is 0 Å². The second-order valence-corrected chi connectivity index (χ2v) is 8.35. The van der Waals surface area contributed by atoms with Crippen LogP contribution in [0.2, 0.25) is 0 Å². The predicted octanol–water partition coefficient (Wildman–Crippen LogP) is -2.13. The molecule has 0 radical (unpaired) electrons. The number of aliphatic carboxylic acids is 1. The number of carboxylic acids is 1. The second-order valence-electron chi connectivity index (χ2n) is 7.36. The van der Waals surface area contributed by atoms with Crippen LogP contribution < -0.4 is 16.4 Å². The van der Waals surface area contributed by atoms with Crippen molar-refractivity contribution in [3.8, 4) is 0 Å². The van der Waals surface area contributed by atoms with E-state index in [-0.39, 0.29) is 6.54 Å². The van der Waals surface area contributed by atoms with Crippen LogP contribution in [0.25, 0.3) is 0 Å². The quantitative estimate of drug-likeness (QED) is 0.206. The molecule has 0 spiro atoms. The Balaban J connectivity index is 2.94. The maximum absolute atomic E-state index is 13.1. The molecule has 0 bridgehead atoms. The number of nitrogens with two attached hydrogens (primary N) is 1. The minimum Gasteiger partial charge on any atom is -0.480 e. The van der Waals surface area contributed by atoms with Crippen LogP contribution in [0, 0.1) is 0 Å². The number of carbonyl (C=O) groups is 4. The molecule has 1 aliphatic heterocycles. The second kappa shape index (κ2) is 12.1. The average molecular weight is 449 g/mol. The molecule has 7 N–H and O–H groups in total. The van der Waals surface area contributed by atoms with E-state index in [1.807, 2.05) is 6.26 Å². The number of thioether (sulfide) groups is 1. The number of nitrogens with one attached hydrogen (secondary N) is 2. The molecule has 1 aliphatic rings. The number of aliphatic hydroxyl groups excluding tert-OH is 2. The van der Waals surface area contributed by atoms with E-state index < -0.39 is 60.1 Å². The van der Waals surface area contributed by atoms with Gasteiger partial charge in [0.05, 0.1) is 12.2 Å². The van der Waals surface area contributed by atoms with E-state index in [9.17, 15) is 29.4 Å². The molecule has 172 valence electrons. The zero-order valence-corrected chi connectivity index (χ0v) is 18.2. The molecule has 0 saturated carbocycles. The Kier molecular flexibility index (Phi) is 10.5. The lowest BCUT2D eigenvalue weighted by Crippen LogP contribution is -2.58. The number of carboxylic acid groups (broad SMARTS) is 1. The van der Waals surface area contributed by atoms with Crippen molar-refractivity contribution in [2.45, 2.75) is 69.5 Å². The lowest BCUT2D eigenvalue weighted by Gasteiger charge is -2.30. The highest BCUT2D eigenvalue weighted by atomic mass is 32.2. The first-order valence-corrected chi connectivity index (χ1v) is 11.1. The molecule has 1 saturated heterocycles. The summed E-state index contributed by atoms with van der Waals surface area (Å²) in [4.78, 5) is 50.5. The highest BCUT2D eigenvalue weighted by molar-refractivity contribution is 7.98. The monoisotopic (exact) mass is 448 g/mol. The molecule has 0 aliphatic carbocycles. The summed E-state index contributed by atoms with van der Waals surface area (Å²) >= 11 is 1.48. The van der Waals surface area contributed by atoms with Crippen LogP contribution >= 0.6 is 11.8 Å². The Bertz CT molecular complexity index is 632. The summed E-state index contributed by atoms with van der Waals surface area (Å²) in [6.45, 7) is 2.89. The first-order valence-electron chi connectivity index (χ1n) is 9.75. The Labute approximate surface area is 179 Å². The van der Waals surface area contributed by atoms with Crippen molar-refractivity contribution in [3.05, 3.63) is 0 Å². The van der Waals surface area contributed by atoms with Crippen LogP contribution in [0.3, 0.4) is 0 Å². The number of amides is 3. The normalized spacial score (nSPS) is 21.3. The van der Waals surface area contributed by atoms with E-state index >= 15 is 0 Å². The zero-order valence-electron chi connectivity index (χ0n) is 17.4. The Morgan fingerprint density at radius 2 is 1.80 bits per heavy atom. The fraction of sp³-hybridized carbons (Fsp3) is 0.778. The van der Waals surface area contributed by atoms with E-state index in [2.05, 4.69) is 10.6 Å². The molecule has 11 nitrogen and oxygen atoms in total. The molecule has 0 aromatic rings. The van der Waals surface area contributed by atoms with Gasteiger partial charge >= 0.3 is 5.97 Å². The van der Waals surface area contributed by atoms with Gasteiger partial charge < -0.3 is 36.6 Å². The van der Waals surface area contributed by atoms with Crippen LogP contribution in [0.5, 0.6) is 0 Å². The van der Waals surface area contributed by atoms with Gasteiger partial charge in [0.2, 0.25) is 17.7 Å². The Morgan fingerprint density at radius 1 is 1.17 bits per heavy atom. The minimum atomic E-state index is -1.49. The van der Waals surface area contributed by atoms with Crippen molar-refractivity contribution in [1.82, 2.24) is 15.5 Å². The SMILES string of the molecule is CSCCC(NC(=O)C(N)C(C)O)C(=O)N1CCCC1C(=O)NC(C(=O)O)C(C)O. The minimum absolute atomic E-state index is 0.275. The molecule has 6 unspecified atom stereocenters. The van der Waals surface area contributed by atoms with Gasteiger partial charge in [-0.15, -0.1) is 0 Å². The van der Waals surface area contributed by atoms with Crippen LogP contribution in [0.15, 0.2) is 0 Å². The van der Waals surface area contributed by atoms with Crippen LogP contribution in [0.1, 0.15) is 33.1 Å². The molecule has 3 amide bonds. The van der Waals surface area contributed by atoms with Gasteiger partial charge in [-0.3, -0.25) is 14.4 Å². The van der Waals surface area contributed by atoms with E-state index in [4.69, 9.17) is 10.8 Å². The zero-order chi connectivity index (χ0) is 23.0. The van der Waals surface area contributed by atoms with Gasteiger partial charge in [0.25, 0.3) is 0 Å². The van der Waals surface area contributed by atoms with Gasteiger partial charge in [0.1, 0.15) is 18.1 Å². The number of likely N-dealkylation sites (tertiary alicyclic amines) is 1. The van der Waals surface area contributed by atoms with Gasteiger partial charge in [0, 0.05) is 6.54 Å². The molecule has 30 heavy (non-hydrogen) atoms. The number of hydrogen-bond donors (Lipinski definition) is 6. The number of rotatable bonds is 11. The fourth-order valence-corrected chi connectivity index (χ4v) is 3.59. The third kappa shape index (κ3) is 7.11. The van der Waals surface area contributed by atoms with E-state index in [1.165, 1.54) is 30.5 Å². The lowest BCUT2D eigenvalue weighted by atomic mass is 10.1. The highest BCUT2D eigenvalue weighted by Gasteiger charge is 2.39. The predicted molar refractivity (Wildman–Crippen MR) is 111 cm³/mol. The summed E-state index contributed by atoms with van der Waals surface area (Å²) in [6.07, 6.45) is 0.605. The lowest BCUT2D eigenvalue weighted by molar-refractivity contribution is -0.147. The summed E-state index contributed by atoms with van der Waals surface area (Å²) < 4.78 is 0. The topological polar surface area (TPSA) is 182 Å². The van der Waals surface area contributed by atoms with Gasteiger partial charge in [-0.05, 0) is 45.1 Å². The molecule has 12 heteroatoms. The van der Waals surface area contributed by atoms with Crippen LogP contribution in [-0.4, -0.2) is 98.8 Å². The molecule has 1 rings (SSSR count). The molecule has 0 aromatic heterocycles. The molecule has 0 aromatic carbocycles. The number of hydrogen-bond acceptors (Lipinski definition) is 8. The summed E-state index contributed by atoms with van der Waals surface area (Å²) in [5.74, 6) is -2.65. The summed E-state index contributed by atoms with van der Waals surface area (Å²) in [5.41, 5.74) is 5.64. The fourth-order valence-electron chi connectivity index (χ4n) is 3.12. The van der Waals surface area contributed by atoms with Crippen molar-refractivity contribution < 1.29 is 34.5 Å². The van der Waals surface area contributed by atoms with Crippen LogP contribution in [-0.2, 0) is 19.2 Å². The smallest absolute Gasteiger partial charge is 0.328 e. The number of nitrogens with zero attached hydrogens (tertiary/aromatic N) is 1.